The lowest BCUT2D eigenvalue weighted by Gasteiger charge is -2.47. The van der Waals surface area contributed by atoms with Crippen LogP contribution in [0.2, 0.25) is 0 Å². The van der Waals surface area contributed by atoms with Crippen LogP contribution in [0.3, 0.4) is 0 Å². The van der Waals surface area contributed by atoms with Crippen molar-refractivity contribution in [3.8, 4) is 17.9 Å². The van der Waals surface area contributed by atoms with Crippen LogP contribution in [0.1, 0.15) is 34.6 Å². The first-order valence-corrected chi connectivity index (χ1v) is 9.79. The molecule has 1 unspecified atom stereocenters. The number of carbonyl (C=O) groups is 2. The van der Waals surface area contributed by atoms with Crippen LogP contribution >= 0.6 is 0 Å². The molecule has 0 aromatic rings. The second-order valence-corrected chi connectivity index (χ2v) is 7.79. The number of hydrogen-bond acceptors (Lipinski definition) is 8. The van der Waals surface area contributed by atoms with Crippen molar-refractivity contribution in [1.82, 2.24) is 20.0 Å². The minimum Gasteiger partial charge on any atom is -0.477 e. The normalized spacial score (nSPS) is 22.0. The molecule has 0 radical (unpaired) electrons. The molecule has 2 N–H and O–H groups in total. The van der Waals surface area contributed by atoms with Crippen LogP contribution in [0.4, 0.5) is 4.79 Å². The highest BCUT2D eigenvalue weighted by molar-refractivity contribution is 5.80. The SMILES string of the molecule is CC#CCN1C(OCC)=C(C#N)NC1(C(=O)O)N1CCN(C(=O)OC(C)(C)C)CC1. The van der Waals surface area contributed by atoms with Crippen LogP contribution in [0.15, 0.2) is 11.6 Å². The van der Waals surface area contributed by atoms with E-state index in [2.05, 4.69) is 17.2 Å². The number of amides is 1. The van der Waals surface area contributed by atoms with Crippen LogP contribution in [-0.4, -0.2) is 82.6 Å². The zero-order valence-corrected chi connectivity index (χ0v) is 18.1. The van der Waals surface area contributed by atoms with Crippen LogP contribution in [-0.2, 0) is 14.3 Å². The number of nitriles is 1. The molecule has 1 fully saturated rings. The van der Waals surface area contributed by atoms with Gasteiger partial charge >= 0.3 is 12.1 Å². The summed E-state index contributed by atoms with van der Waals surface area (Å²) in [5.41, 5.74) is -0.580. The molecule has 30 heavy (non-hydrogen) atoms. The Morgan fingerprint density at radius 3 is 2.37 bits per heavy atom. The monoisotopic (exact) mass is 419 g/mol. The lowest BCUT2D eigenvalue weighted by atomic mass is 10.2. The summed E-state index contributed by atoms with van der Waals surface area (Å²) in [4.78, 5) is 29.5. The van der Waals surface area contributed by atoms with E-state index in [0.29, 0.717) is 0 Å². The van der Waals surface area contributed by atoms with Gasteiger partial charge in [0.15, 0.2) is 5.70 Å². The minimum absolute atomic E-state index is 0.0340. The zero-order chi connectivity index (χ0) is 22.5. The first-order valence-electron chi connectivity index (χ1n) is 9.79. The van der Waals surface area contributed by atoms with E-state index in [9.17, 15) is 20.0 Å². The van der Waals surface area contributed by atoms with Gasteiger partial charge in [0.2, 0.25) is 5.88 Å². The molecule has 2 rings (SSSR count). The maximum Gasteiger partial charge on any atom is 0.410 e. The van der Waals surface area contributed by atoms with E-state index in [1.54, 1.807) is 44.4 Å². The van der Waals surface area contributed by atoms with E-state index in [0.717, 1.165) is 0 Å². The highest BCUT2D eigenvalue weighted by Crippen LogP contribution is 2.33. The van der Waals surface area contributed by atoms with Gasteiger partial charge in [0.1, 0.15) is 11.7 Å². The van der Waals surface area contributed by atoms with Gasteiger partial charge in [-0.05, 0) is 34.6 Å². The van der Waals surface area contributed by atoms with Crippen molar-refractivity contribution < 1.29 is 24.2 Å². The molecule has 2 aliphatic heterocycles. The van der Waals surface area contributed by atoms with Gasteiger partial charge in [-0.15, -0.1) is 5.92 Å². The molecule has 0 aliphatic carbocycles. The summed E-state index contributed by atoms with van der Waals surface area (Å²) < 4.78 is 11.0. The van der Waals surface area contributed by atoms with E-state index in [-0.39, 0.29) is 50.9 Å². The quantitative estimate of drug-likeness (QED) is 0.628. The van der Waals surface area contributed by atoms with Gasteiger partial charge in [-0.2, -0.15) is 5.26 Å². The topological polar surface area (TPSA) is 118 Å². The van der Waals surface area contributed by atoms with Crippen molar-refractivity contribution in [2.24, 2.45) is 0 Å². The number of aliphatic carboxylic acids is 1. The van der Waals surface area contributed by atoms with Gasteiger partial charge in [0.05, 0.1) is 13.2 Å². The molecular formula is C20H29N5O5. The first kappa shape index (κ1) is 23.2. The Kier molecular flexibility index (Phi) is 7.06. The number of carboxylic acid groups (broad SMARTS) is 1. The maximum atomic E-state index is 12.5. The number of rotatable bonds is 5. The van der Waals surface area contributed by atoms with Crippen LogP contribution in [0, 0.1) is 23.2 Å². The third-order valence-corrected chi connectivity index (χ3v) is 4.64. The largest absolute Gasteiger partial charge is 0.477 e. The van der Waals surface area contributed by atoms with Crippen LogP contribution in [0.25, 0.3) is 0 Å². The summed E-state index contributed by atoms with van der Waals surface area (Å²) in [5, 5.41) is 22.6. The fourth-order valence-electron chi connectivity index (χ4n) is 3.38. The Bertz CT molecular complexity index is 808. The fourth-order valence-corrected chi connectivity index (χ4v) is 3.38. The van der Waals surface area contributed by atoms with Gasteiger partial charge in [-0.25, -0.2) is 9.59 Å². The number of carbonyl (C=O) groups excluding carboxylic acids is 1. The van der Waals surface area contributed by atoms with Gasteiger partial charge in [0.25, 0.3) is 5.79 Å². The van der Waals surface area contributed by atoms with Crippen LogP contribution < -0.4 is 5.32 Å². The Balaban J connectivity index is 2.29. The standard InChI is InChI=1S/C20H29N5O5/c1-6-8-9-25-16(29-7-2)15(14-21)22-20(25,17(26)27)24-12-10-23(11-13-24)18(28)30-19(3,4)5/h22H,7,9-13H2,1-5H3,(H,26,27). The number of nitrogens with one attached hydrogen (secondary N) is 1. The number of nitrogens with zero attached hydrogens (tertiary/aromatic N) is 4. The molecule has 1 amide bonds. The van der Waals surface area contributed by atoms with Gasteiger partial charge < -0.3 is 24.8 Å². The Morgan fingerprint density at radius 1 is 1.27 bits per heavy atom. The van der Waals surface area contributed by atoms with E-state index in [4.69, 9.17) is 9.47 Å². The third-order valence-electron chi connectivity index (χ3n) is 4.64. The Hall–Kier alpha value is -3.11. The molecule has 2 heterocycles. The molecule has 1 atom stereocenters. The molecule has 1 saturated heterocycles. The summed E-state index contributed by atoms with van der Waals surface area (Å²) in [5.74, 6) is 2.84. The minimum atomic E-state index is -1.74. The van der Waals surface area contributed by atoms with Gasteiger partial charge in [0, 0.05) is 26.2 Å². The predicted octanol–water partition coefficient (Wildman–Crippen LogP) is 0.935. The summed E-state index contributed by atoms with van der Waals surface area (Å²) in [7, 11) is 0. The van der Waals surface area contributed by atoms with Gasteiger partial charge in [-0.3, -0.25) is 9.80 Å². The molecular weight excluding hydrogens is 390 g/mol. The first-order chi connectivity index (χ1) is 14.1. The summed E-state index contributed by atoms with van der Waals surface area (Å²) in [6.07, 6.45) is -0.439. The smallest absolute Gasteiger partial charge is 0.410 e. The van der Waals surface area contributed by atoms with Crippen molar-refractivity contribution in [1.29, 1.82) is 5.26 Å². The van der Waals surface area contributed by atoms with E-state index in [1.165, 1.54) is 4.90 Å². The van der Waals surface area contributed by atoms with Crippen molar-refractivity contribution in [3.05, 3.63) is 11.6 Å². The zero-order valence-electron chi connectivity index (χ0n) is 18.1. The molecule has 10 nitrogen and oxygen atoms in total. The molecule has 0 aromatic carbocycles. The maximum absolute atomic E-state index is 12.5. The van der Waals surface area contributed by atoms with E-state index in [1.807, 2.05) is 6.07 Å². The lowest BCUT2D eigenvalue weighted by molar-refractivity contribution is -0.171. The van der Waals surface area contributed by atoms with Crippen molar-refractivity contribution >= 4 is 12.1 Å². The van der Waals surface area contributed by atoms with E-state index < -0.39 is 23.5 Å². The summed E-state index contributed by atoms with van der Waals surface area (Å²) >= 11 is 0. The highest BCUT2D eigenvalue weighted by Gasteiger charge is 2.57. The molecule has 164 valence electrons. The second-order valence-electron chi connectivity index (χ2n) is 7.79. The molecule has 0 aromatic heterocycles. The van der Waals surface area contributed by atoms with Crippen molar-refractivity contribution in [2.75, 3.05) is 39.3 Å². The van der Waals surface area contributed by atoms with Crippen molar-refractivity contribution in [3.63, 3.8) is 0 Å². The molecule has 0 spiro atoms. The average molecular weight is 419 g/mol. The van der Waals surface area contributed by atoms with E-state index >= 15 is 0 Å². The summed E-state index contributed by atoms with van der Waals surface area (Å²) in [6.45, 7) is 10.2. The fraction of sp³-hybridized carbons (Fsp3) is 0.650. The van der Waals surface area contributed by atoms with Crippen LogP contribution in [0.5, 0.6) is 0 Å². The summed E-state index contributed by atoms with van der Waals surface area (Å²) in [6, 6.07) is 1.99. The Morgan fingerprint density at radius 2 is 1.90 bits per heavy atom. The number of hydrogen-bond donors (Lipinski definition) is 2. The molecule has 10 heteroatoms. The third kappa shape index (κ3) is 4.55. The Labute approximate surface area is 177 Å². The van der Waals surface area contributed by atoms with Gasteiger partial charge in [-0.1, -0.05) is 5.92 Å². The lowest BCUT2D eigenvalue weighted by Crippen LogP contribution is -2.72. The average Bonchev–Trinajstić information content (AvgIpc) is 3.00. The predicted molar refractivity (Wildman–Crippen MR) is 107 cm³/mol. The highest BCUT2D eigenvalue weighted by atomic mass is 16.6. The second kappa shape index (κ2) is 9.14. The number of ether oxygens (including phenoxy) is 2. The molecule has 2 aliphatic rings. The van der Waals surface area contributed by atoms with Crippen molar-refractivity contribution in [2.45, 2.75) is 46.0 Å². The molecule has 0 saturated carbocycles. The molecule has 0 bridgehead atoms. The number of allylic oxidation sites excluding steroid dienone is 1. The number of carboxylic acids is 1. The number of piperazine rings is 1.